The van der Waals surface area contributed by atoms with Crippen molar-refractivity contribution < 1.29 is 8.42 Å². The molecule has 0 unspecified atom stereocenters. The van der Waals surface area contributed by atoms with Crippen molar-refractivity contribution in [2.24, 2.45) is 13.0 Å². The van der Waals surface area contributed by atoms with Gasteiger partial charge in [0.05, 0.1) is 12.3 Å². The van der Waals surface area contributed by atoms with Gasteiger partial charge in [0.1, 0.15) is 0 Å². The van der Waals surface area contributed by atoms with Crippen LogP contribution in [-0.4, -0.2) is 54.6 Å². The number of aromatic nitrogens is 1. The Kier molecular flexibility index (Phi) is 4.12. The largest absolute Gasteiger partial charge is 0.353 e. The fraction of sp³-hybridized carbons (Fsp3) is 0.733. The molecule has 1 aromatic heterocycles. The van der Waals surface area contributed by atoms with Crippen LogP contribution < -0.4 is 0 Å². The summed E-state index contributed by atoms with van der Waals surface area (Å²) >= 11 is 0. The smallest absolute Gasteiger partial charge is 0.211 e. The molecule has 5 nitrogen and oxygen atoms in total. The molecule has 6 heteroatoms. The monoisotopic (exact) mass is 311 g/mol. The van der Waals surface area contributed by atoms with Crippen LogP contribution in [0.5, 0.6) is 0 Å². The second-order valence-electron chi connectivity index (χ2n) is 6.47. The van der Waals surface area contributed by atoms with E-state index in [1.165, 1.54) is 24.8 Å². The zero-order valence-corrected chi connectivity index (χ0v) is 13.7. The molecule has 0 saturated carbocycles. The van der Waals surface area contributed by atoms with Crippen molar-refractivity contribution in [3.8, 4) is 0 Å². The van der Waals surface area contributed by atoms with Crippen LogP contribution in [0.15, 0.2) is 18.3 Å². The number of likely N-dealkylation sites (tertiary alicyclic amines) is 1. The van der Waals surface area contributed by atoms with E-state index in [0.717, 1.165) is 19.5 Å². The van der Waals surface area contributed by atoms with Gasteiger partial charge in [-0.05, 0) is 43.9 Å². The number of rotatable bonds is 4. The Morgan fingerprint density at radius 1 is 1.29 bits per heavy atom. The summed E-state index contributed by atoms with van der Waals surface area (Å²) in [5, 5.41) is 0. The van der Waals surface area contributed by atoms with Gasteiger partial charge in [-0.2, -0.15) is 0 Å². The zero-order valence-electron chi connectivity index (χ0n) is 12.9. The van der Waals surface area contributed by atoms with E-state index in [2.05, 4.69) is 34.8 Å². The van der Waals surface area contributed by atoms with Gasteiger partial charge >= 0.3 is 0 Å². The zero-order chi connectivity index (χ0) is 15.0. The Hall–Kier alpha value is -0.850. The molecule has 0 aromatic carbocycles. The van der Waals surface area contributed by atoms with Gasteiger partial charge in [0, 0.05) is 38.6 Å². The van der Waals surface area contributed by atoms with Crippen LogP contribution in [0.3, 0.4) is 0 Å². The van der Waals surface area contributed by atoms with Crippen molar-refractivity contribution in [2.75, 3.05) is 32.4 Å². The predicted octanol–water partition coefficient (Wildman–Crippen LogP) is 1.44. The lowest BCUT2D eigenvalue weighted by Gasteiger charge is -2.27. The van der Waals surface area contributed by atoms with Gasteiger partial charge in [0.2, 0.25) is 10.0 Å². The Morgan fingerprint density at radius 3 is 2.71 bits per heavy atom. The third-order valence-electron chi connectivity index (χ3n) is 4.90. The van der Waals surface area contributed by atoms with Gasteiger partial charge in [-0.1, -0.05) is 0 Å². The topological polar surface area (TPSA) is 45.5 Å². The number of nitrogens with zero attached hydrogens (tertiary/aromatic N) is 3. The summed E-state index contributed by atoms with van der Waals surface area (Å²) < 4.78 is 27.1. The lowest BCUT2D eigenvalue weighted by atomic mass is 10.1. The second kappa shape index (κ2) is 5.74. The minimum absolute atomic E-state index is 0.473. The summed E-state index contributed by atoms with van der Waals surface area (Å²) in [5.74, 6) is 0.473. The fourth-order valence-electron chi connectivity index (χ4n) is 3.78. The minimum Gasteiger partial charge on any atom is -0.353 e. The molecule has 2 aliphatic heterocycles. The first kappa shape index (κ1) is 15.1. The molecule has 0 aliphatic carbocycles. The number of hydrogen-bond donors (Lipinski definition) is 0. The van der Waals surface area contributed by atoms with Gasteiger partial charge in [-0.25, -0.2) is 12.7 Å². The van der Waals surface area contributed by atoms with Gasteiger partial charge in [-0.15, -0.1) is 0 Å². The summed E-state index contributed by atoms with van der Waals surface area (Å²) in [6.07, 6.45) is 6.85. The van der Waals surface area contributed by atoms with Crippen LogP contribution in [0.4, 0.5) is 0 Å². The fourth-order valence-corrected chi connectivity index (χ4v) is 4.70. The predicted molar refractivity (Wildman–Crippen MR) is 83.5 cm³/mol. The molecule has 0 bridgehead atoms. The standard InChI is InChI=1S/C15H25N3O2S/c1-16-8-3-5-14(16)15-6-4-9-17(15)11-13-7-10-18(12-13)21(2,19)20/h3,5,8,13,15H,4,6-7,9-12H2,1-2H3/t13-,15-/m1/s1. The van der Waals surface area contributed by atoms with Gasteiger partial charge in [-0.3, -0.25) is 4.90 Å². The van der Waals surface area contributed by atoms with Crippen LogP contribution in [0.25, 0.3) is 0 Å². The van der Waals surface area contributed by atoms with E-state index in [-0.39, 0.29) is 0 Å². The lowest BCUT2D eigenvalue weighted by molar-refractivity contribution is 0.213. The van der Waals surface area contributed by atoms with Crippen molar-refractivity contribution in [3.63, 3.8) is 0 Å². The maximum Gasteiger partial charge on any atom is 0.211 e. The van der Waals surface area contributed by atoms with E-state index in [4.69, 9.17) is 0 Å². The van der Waals surface area contributed by atoms with E-state index < -0.39 is 10.0 Å². The van der Waals surface area contributed by atoms with E-state index >= 15 is 0 Å². The van der Waals surface area contributed by atoms with Crippen molar-refractivity contribution in [1.82, 2.24) is 13.8 Å². The Bertz CT molecular complexity index is 596. The first-order valence-electron chi connectivity index (χ1n) is 7.75. The summed E-state index contributed by atoms with van der Waals surface area (Å²) in [5.41, 5.74) is 1.38. The maximum absolute atomic E-state index is 11.6. The van der Waals surface area contributed by atoms with Crippen LogP contribution in [0.1, 0.15) is 31.0 Å². The Balaban J connectivity index is 1.64. The molecule has 3 heterocycles. The van der Waals surface area contributed by atoms with E-state index in [1.807, 2.05) is 0 Å². The van der Waals surface area contributed by atoms with Crippen molar-refractivity contribution >= 4 is 10.0 Å². The highest BCUT2D eigenvalue weighted by atomic mass is 32.2. The molecule has 2 aliphatic rings. The van der Waals surface area contributed by atoms with Crippen molar-refractivity contribution in [2.45, 2.75) is 25.3 Å². The molecule has 0 radical (unpaired) electrons. The Morgan fingerprint density at radius 2 is 2.10 bits per heavy atom. The lowest BCUT2D eigenvalue weighted by Crippen LogP contribution is -2.33. The number of sulfonamides is 1. The Labute approximate surface area is 127 Å². The number of hydrogen-bond acceptors (Lipinski definition) is 3. The van der Waals surface area contributed by atoms with E-state index in [1.54, 1.807) is 4.31 Å². The van der Waals surface area contributed by atoms with Gasteiger partial charge in [0.25, 0.3) is 0 Å². The molecule has 2 saturated heterocycles. The quantitative estimate of drug-likeness (QED) is 0.845. The molecule has 21 heavy (non-hydrogen) atoms. The molecule has 118 valence electrons. The molecule has 0 amide bonds. The molecule has 0 N–H and O–H groups in total. The van der Waals surface area contributed by atoms with Crippen molar-refractivity contribution in [3.05, 3.63) is 24.0 Å². The van der Waals surface area contributed by atoms with E-state index in [0.29, 0.717) is 25.0 Å². The summed E-state index contributed by atoms with van der Waals surface area (Å²) in [4.78, 5) is 2.55. The molecule has 1 aromatic rings. The van der Waals surface area contributed by atoms with Gasteiger partial charge in [0.15, 0.2) is 0 Å². The average Bonchev–Trinajstić information content (AvgIpc) is 3.09. The third-order valence-corrected chi connectivity index (χ3v) is 6.17. The normalized spacial score (nSPS) is 28.5. The summed E-state index contributed by atoms with van der Waals surface area (Å²) in [7, 11) is -0.918. The third kappa shape index (κ3) is 3.17. The molecule has 2 atom stereocenters. The second-order valence-corrected chi connectivity index (χ2v) is 8.46. The minimum atomic E-state index is -3.02. The molecule has 2 fully saturated rings. The highest BCUT2D eigenvalue weighted by Gasteiger charge is 2.33. The van der Waals surface area contributed by atoms with E-state index in [9.17, 15) is 8.42 Å². The molecule has 3 rings (SSSR count). The van der Waals surface area contributed by atoms with Gasteiger partial charge < -0.3 is 4.57 Å². The number of aryl methyl sites for hydroxylation is 1. The molecular weight excluding hydrogens is 286 g/mol. The van der Waals surface area contributed by atoms with Crippen LogP contribution >= 0.6 is 0 Å². The molecular formula is C15H25N3O2S. The summed E-state index contributed by atoms with van der Waals surface area (Å²) in [6.45, 7) is 3.52. The van der Waals surface area contributed by atoms with Crippen molar-refractivity contribution in [1.29, 1.82) is 0 Å². The first-order chi connectivity index (χ1) is 9.95. The average molecular weight is 311 g/mol. The highest BCUT2D eigenvalue weighted by molar-refractivity contribution is 7.88. The van der Waals surface area contributed by atoms with Crippen LogP contribution in [-0.2, 0) is 17.1 Å². The SMILES string of the molecule is Cn1cccc1[C@H]1CCCN1C[C@H]1CCN(S(C)(=O)=O)C1. The first-order valence-corrected chi connectivity index (χ1v) is 9.60. The molecule has 0 spiro atoms. The van der Waals surface area contributed by atoms with Crippen LogP contribution in [0.2, 0.25) is 0 Å². The van der Waals surface area contributed by atoms with Crippen LogP contribution in [0, 0.1) is 5.92 Å². The summed E-state index contributed by atoms with van der Waals surface area (Å²) in [6, 6.07) is 4.81. The maximum atomic E-state index is 11.6. The highest BCUT2D eigenvalue weighted by Crippen LogP contribution is 2.33.